The molecular formula is C14H14FNO2. The van der Waals surface area contributed by atoms with Gasteiger partial charge in [-0.3, -0.25) is 0 Å². The van der Waals surface area contributed by atoms with Crippen molar-refractivity contribution in [3.05, 3.63) is 53.8 Å². The van der Waals surface area contributed by atoms with E-state index in [9.17, 15) is 14.6 Å². The van der Waals surface area contributed by atoms with Crippen molar-refractivity contribution in [2.45, 2.75) is 13.0 Å². The summed E-state index contributed by atoms with van der Waals surface area (Å²) in [4.78, 5) is 0. The van der Waals surface area contributed by atoms with Crippen LogP contribution in [0.5, 0.6) is 11.5 Å². The molecule has 94 valence electrons. The van der Waals surface area contributed by atoms with Crippen molar-refractivity contribution in [2.75, 3.05) is 5.32 Å². The summed E-state index contributed by atoms with van der Waals surface area (Å²) in [5, 5.41) is 21.8. The quantitative estimate of drug-likeness (QED) is 0.779. The molecule has 0 saturated carbocycles. The summed E-state index contributed by atoms with van der Waals surface area (Å²) in [5.41, 5.74) is 1.06. The Kier molecular flexibility index (Phi) is 3.37. The van der Waals surface area contributed by atoms with Crippen molar-refractivity contribution < 1.29 is 14.6 Å². The van der Waals surface area contributed by atoms with Gasteiger partial charge in [-0.25, -0.2) is 4.39 Å². The van der Waals surface area contributed by atoms with Gasteiger partial charge in [0.2, 0.25) is 0 Å². The lowest BCUT2D eigenvalue weighted by molar-refractivity contribution is 0.448. The SMILES string of the molecule is CC(Nc1ccccc1F)c1cc(O)cc(O)c1. The van der Waals surface area contributed by atoms with E-state index in [2.05, 4.69) is 5.32 Å². The molecule has 3 N–H and O–H groups in total. The third-order valence-corrected chi connectivity index (χ3v) is 2.67. The first-order valence-corrected chi connectivity index (χ1v) is 5.60. The number of hydrogen-bond donors (Lipinski definition) is 3. The van der Waals surface area contributed by atoms with Crippen molar-refractivity contribution in [3.8, 4) is 11.5 Å². The number of hydrogen-bond acceptors (Lipinski definition) is 3. The van der Waals surface area contributed by atoms with E-state index in [0.717, 1.165) is 0 Å². The highest BCUT2D eigenvalue weighted by molar-refractivity contribution is 5.48. The molecule has 0 aliphatic carbocycles. The Morgan fingerprint density at radius 3 is 2.28 bits per heavy atom. The van der Waals surface area contributed by atoms with Gasteiger partial charge in [-0.1, -0.05) is 12.1 Å². The Morgan fingerprint density at radius 2 is 1.67 bits per heavy atom. The molecule has 0 spiro atoms. The second-order valence-corrected chi connectivity index (χ2v) is 4.13. The summed E-state index contributed by atoms with van der Waals surface area (Å²) in [6, 6.07) is 10.4. The monoisotopic (exact) mass is 247 g/mol. The fraction of sp³-hybridized carbons (Fsp3) is 0.143. The van der Waals surface area contributed by atoms with Crippen molar-refractivity contribution >= 4 is 5.69 Å². The van der Waals surface area contributed by atoms with E-state index in [0.29, 0.717) is 11.3 Å². The minimum atomic E-state index is -0.339. The van der Waals surface area contributed by atoms with Gasteiger partial charge in [0.1, 0.15) is 17.3 Å². The maximum Gasteiger partial charge on any atom is 0.146 e. The lowest BCUT2D eigenvalue weighted by Gasteiger charge is -2.16. The van der Waals surface area contributed by atoms with E-state index in [1.807, 2.05) is 6.92 Å². The van der Waals surface area contributed by atoms with E-state index in [1.54, 1.807) is 18.2 Å². The minimum absolute atomic E-state index is 0.0211. The maximum atomic E-state index is 13.5. The van der Waals surface area contributed by atoms with Gasteiger partial charge in [-0.15, -0.1) is 0 Å². The molecule has 1 unspecified atom stereocenters. The summed E-state index contributed by atoms with van der Waals surface area (Å²) >= 11 is 0. The molecule has 0 amide bonds. The molecule has 0 heterocycles. The number of para-hydroxylation sites is 1. The van der Waals surface area contributed by atoms with Crippen LogP contribution < -0.4 is 5.32 Å². The van der Waals surface area contributed by atoms with Crippen molar-refractivity contribution in [2.24, 2.45) is 0 Å². The molecule has 1 atom stereocenters. The Hall–Kier alpha value is -2.23. The smallest absolute Gasteiger partial charge is 0.146 e. The van der Waals surface area contributed by atoms with Gasteiger partial charge < -0.3 is 15.5 Å². The average molecular weight is 247 g/mol. The van der Waals surface area contributed by atoms with Crippen LogP contribution in [0, 0.1) is 5.82 Å². The first-order valence-electron chi connectivity index (χ1n) is 5.60. The number of phenols is 2. The van der Waals surface area contributed by atoms with Crippen molar-refractivity contribution in [3.63, 3.8) is 0 Å². The predicted molar refractivity (Wildman–Crippen MR) is 68.2 cm³/mol. The number of phenolic OH excluding ortho intramolecular Hbond substituents is 2. The Bertz CT molecular complexity index is 537. The van der Waals surface area contributed by atoms with Crippen LogP contribution in [0.3, 0.4) is 0 Å². The molecule has 2 aromatic rings. The standard InChI is InChI=1S/C14H14FNO2/c1-9(10-6-11(17)8-12(18)7-10)16-14-5-3-2-4-13(14)15/h2-9,16-18H,1H3. The molecule has 0 aromatic heterocycles. The molecule has 3 nitrogen and oxygen atoms in total. The van der Waals surface area contributed by atoms with E-state index in [4.69, 9.17) is 0 Å². The molecule has 0 aliphatic heterocycles. The fourth-order valence-electron chi connectivity index (χ4n) is 1.76. The largest absolute Gasteiger partial charge is 0.508 e. The minimum Gasteiger partial charge on any atom is -0.508 e. The third-order valence-electron chi connectivity index (χ3n) is 2.67. The number of benzene rings is 2. The number of nitrogens with one attached hydrogen (secondary N) is 1. The molecular weight excluding hydrogens is 233 g/mol. The van der Waals surface area contributed by atoms with Crippen molar-refractivity contribution in [1.82, 2.24) is 0 Å². The highest BCUT2D eigenvalue weighted by Crippen LogP contribution is 2.27. The van der Waals surface area contributed by atoms with Gasteiger partial charge in [0.25, 0.3) is 0 Å². The van der Waals surface area contributed by atoms with E-state index in [-0.39, 0.29) is 23.4 Å². The summed E-state index contributed by atoms with van der Waals surface area (Å²) < 4.78 is 13.5. The van der Waals surface area contributed by atoms with Crippen LogP contribution in [0.4, 0.5) is 10.1 Å². The highest BCUT2D eigenvalue weighted by Gasteiger charge is 2.10. The summed E-state index contributed by atoms with van der Waals surface area (Å²) in [6.07, 6.45) is 0. The van der Waals surface area contributed by atoms with Gasteiger partial charge in [-0.05, 0) is 36.8 Å². The first-order chi connectivity index (χ1) is 8.56. The van der Waals surface area contributed by atoms with E-state index < -0.39 is 0 Å². The fourth-order valence-corrected chi connectivity index (χ4v) is 1.76. The van der Waals surface area contributed by atoms with Crippen LogP contribution in [0.15, 0.2) is 42.5 Å². The van der Waals surface area contributed by atoms with Crippen LogP contribution >= 0.6 is 0 Å². The summed E-state index contributed by atoms with van der Waals surface area (Å²) in [6.45, 7) is 1.82. The molecule has 0 fully saturated rings. The zero-order valence-corrected chi connectivity index (χ0v) is 9.89. The predicted octanol–water partition coefficient (Wildman–Crippen LogP) is 3.41. The number of anilines is 1. The first kappa shape index (κ1) is 12.2. The Balaban J connectivity index is 2.22. The van der Waals surface area contributed by atoms with Gasteiger partial charge in [-0.2, -0.15) is 0 Å². The Morgan fingerprint density at radius 1 is 1.06 bits per heavy atom. The highest BCUT2D eigenvalue weighted by atomic mass is 19.1. The Labute approximate surface area is 105 Å². The van der Waals surface area contributed by atoms with Gasteiger partial charge in [0, 0.05) is 12.1 Å². The zero-order chi connectivity index (χ0) is 13.1. The van der Waals surface area contributed by atoms with Gasteiger partial charge in [0.05, 0.1) is 5.69 Å². The van der Waals surface area contributed by atoms with Crippen LogP contribution in [-0.2, 0) is 0 Å². The number of rotatable bonds is 3. The lowest BCUT2D eigenvalue weighted by Crippen LogP contribution is -2.07. The zero-order valence-electron chi connectivity index (χ0n) is 9.89. The van der Waals surface area contributed by atoms with Crippen molar-refractivity contribution in [1.29, 1.82) is 0 Å². The molecule has 0 radical (unpaired) electrons. The molecule has 4 heteroatoms. The summed E-state index contributed by atoms with van der Waals surface area (Å²) in [5.74, 6) is -0.381. The molecule has 2 aromatic carbocycles. The van der Waals surface area contributed by atoms with Crippen LogP contribution in [0.2, 0.25) is 0 Å². The topological polar surface area (TPSA) is 52.5 Å². The second-order valence-electron chi connectivity index (χ2n) is 4.13. The lowest BCUT2D eigenvalue weighted by atomic mass is 10.1. The average Bonchev–Trinajstić information content (AvgIpc) is 2.31. The normalized spacial score (nSPS) is 12.1. The van der Waals surface area contributed by atoms with Gasteiger partial charge >= 0.3 is 0 Å². The van der Waals surface area contributed by atoms with Crippen LogP contribution in [-0.4, -0.2) is 10.2 Å². The molecule has 0 aliphatic rings. The second kappa shape index (κ2) is 4.96. The molecule has 0 saturated heterocycles. The van der Waals surface area contributed by atoms with E-state index >= 15 is 0 Å². The molecule has 0 bridgehead atoms. The molecule has 2 rings (SSSR count). The summed E-state index contributed by atoms with van der Waals surface area (Å²) in [7, 11) is 0. The number of aromatic hydroxyl groups is 2. The van der Waals surface area contributed by atoms with E-state index in [1.165, 1.54) is 24.3 Å². The van der Waals surface area contributed by atoms with Crippen LogP contribution in [0.25, 0.3) is 0 Å². The van der Waals surface area contributed by atoms with Crippen LogP contribution in [0.1, 0.15) is 18.5 Å². The number of halogens is 1. The third kappa shape index (κ3) is 2.71. The maximum absolute atomic E-state index is 13.5. The molecule has 18 heavy (non-hydrogen) atoms. The van der Waals surface area contributed by atoms with Gasteiger partial charge in [0.15, 0.2) is 0 Å².